The van der Waals surface area contributed by atoms with E-state index < -0.39 is 10.5 Å². The molecule has 4 N–H and O–H groups in total. The second-order valence-corrected chi connectivity index (χ2v) is 4.72. The lowest BCUT2D eigenvalue weighted by Gasteiger charge is -2.23. The summed E-state index contributed by atoms with van der Waals surface area (Å²) in [7, 11) is 0. The highest BCUT2D eigenvalue weighted by molar-refractivity contribution is 5.60. The van der Waals surface area contributed by atoms with E-state index in [0.29, 0.717) is 6.42 Å². The van der Waals surface area contributed by atoms with E-state index in [2.05, 4.69) is 15.3 Å². The Balaban J connectivity index is 2.97. The van der Waals surface area contributed by atoms with E-state index in [-0.39, 0.29) is 29.7 Å². The lowest BCUT2D eigenvalue weighted by Crippen LogP contribution is -2.33. The summed E-state index contributed by atoms with van der Waals surface area (Å²) in [6.07, 6.45) is 1.38. The first-order valence-electron chi connectivity index (χ1n) is 6.01. The number of hydrogen-bond donors (Lipinski definition) is 3. The first-order valence-corrected chi connectivity index (χ1v) is 6.01. The molecule has 0 saturated carbocycles. The maximum atomic E-state index is 11.0. The van der Waals surface area contributed by atoms with Crippen molar-refractivity contribution < 1.29 is 10.0 Å². The van der Waals surface area contributed by atoms with Gasteiger partial charge >= 0.3 is 5.69 Å². The largest absolute Gasteiger partial charge is 0.388 e. The van der Waals surface area contributed by atoms with Crippen molar-refractivity contribution in [2.45, 2.75) is 39.2 Å². The van der Waals surface area contributed by atoms with E-state index >= 15 is 0 Å². The molecule has 1 atom stereocenters. The summed E-state index contributed by atoms with van der Waals surface area (Å²) in [6, 6.07) is 0. The maximum absolute atomic E-state index is 11.0. The first kappa shape index (κ1) is 15.1. The zero-order valence-electron chi connectivity index (χ0n) is 11.3. The van der Waals surface area contributed by atoms with Crippen LogP contribution in [0, 0.1) is 17.0 Å². The highest BCUT2D eigenvalue weighted by Crippen LogP contribution is 2.26. The van der Waals surface area contributed by atoms with E-state index in [0.717, 1.165) is 6.42 Å². The molecular formula is C11H19N5O3. The molecule has 1 unspecified atom stereocenters. The van der Waals surface area contributed by atoms with Crippen molar-refractivity contribution in [3.8, 4) is 0 Å². The Hall–Kier alpha value is -1.96. The molecule has 0 aliphatic carbocycles. The molecule has 8 heteroatoms. The van der Waals surface area contributed by atoms with Crippen LogP contribution in [0.25, 0.3) is 0 Å². The molecule has 1 aromatic heterocycles. The van der Waals surface area contributed by atoms with Crippen molar-refractivity contribution >= 4 is 17.5 Å². The number of rotatable bonds is 6. The lowest BCUT2D eigenvalue weighted by atomic mass is 10.0. The number of aliphatic hydroxyl groups is 1. The topological polar surface area (TPSA) is 127 Å². The quantitative estimate of drug-likeness (QED) is 0.523. The number of aryl methyl sites for hydroxylation is 1. The number of nitrogen functional groups attached to an aromatic ring is 1. The molecule has 0 radical (unpaired) electrons. The van der Waals surface area contributed by atoms with Gasteiger partial charge in [-0.15, -0.1) is 0 Å². The average Bonchev–Trinajstić information content (AvgIpc) is 2.24. The second-order valence-electron chi connectivity index (χ2n) is 4.72. The number of nitrogens with two attached hydrogens (primary N) is 1. The van der Waals surface area contributed by atoms with Crippen LogP contribution in [0.4, 0.5) is 17.5 Å². The zero-order chi connectivity index (χ0) is 14.6. The zero-order valence-corrected chi connectivity index (χ0v) is 11.3. The highest BCUT2D eigenvalue weighted by Gasteiger charge is 2.25. The van der Waals surface area contributed by atoms with Crippen LogP contribution in [0.1, 0.15) is 32.4 Å². The Morgan fingerprint density at radius 2 is 2.16 bits per heavy atom. The summed E-state index contributed by atoms with van der Waals surface area (Å²) in [5.74, 6) is -0.00730. The fourth-order valence-electron chi connectivity index (χ4n) is 1.83. The van der Waals surface area contributed by atoms with Crippen molar-refractivity contribution in [2.75, 3.05) is 17.6 Å². The molecule has 0 amide bonds. The van der Waals surface area contributed by atoms with Crippen LogP contribution in [-0.2, 0) is 0 Å². The highest BCUT2D eigenvalue weighted by atomic mass is 16.6. The van der Waals surface area contributed by atoms with Gasteiger partial charge in [0.05, 0.1) is 10.5 Å². The number of anilines is 2. The molecule has 0 bridgehead atoms. The van der Waals surface area contributed by atoms with Gasteiger partial charge in [-0.05, 0) is 20.3 Å². The van der Waals surface area contributed by atoms with Gasteiger partial charge in [0, 0.05) is 6.54 Å². The molecule has 1 heterocycles. The summed E-state index contributed by atoms with van der Waals surface area (Å²) in [5.41, 5.74) is 4.49. The predicted molar refractivity (Wildman–Crippen MR) is 71.9 cm³/mol. The van der Waals surface area contributed by atoms with Crippen molar-refractivity contribution in [3.63, 3.8) is 0 Å². The van der Waals surface area contributed by atoms with Gasteiger partial charge in [-0.1, -0.05) is 13.3 Å². The van der Waals surface area contributed by atoms with Crippen molar-refractivity contribution in [1.29, 1.82) is 0 Å². The Kier molecular flexibility index (Phi) is 4.60. The first-order chi connectivity index (χ1) is 8.76. The van der Waals surface area contributed by atoms with E-state index in [1.807, 2.05) is 6.92 Å². The standard InChI is InChI=1S/C11H19N5O3/c1-4-5-11(3,17)6-13-9-8(16(18)19)7(2)14-10(12)15-9/h17H,4-6H2,1-3H3,(H3,12,13,14,15). The third-order valence-electron chi connectivity index (χ3n) is 2.68. The summed E-state index contributed by atoms with van der Waals surface area (Å²) in [6.45, 7) is 5.25. The van der Waals surface area contributed by atoms with Crippen LogP contribution in [-0.4, -0.2) is 32.1 Å². The van der Waals surface area contributed by atoms with Crippen LogP contribution in [0.15, 0.2) is 0 Å². The van der Waals surface area contributed by atoms with Gasteiger partial charge in [-0.2, -0.15) is 4.98 Å². The smallest absolute Gasteiger partial charge is 0.332 e. The molecule has 8 nitrogen and oxygen atoms in total. The Labute approximate surface area is 111 Å². The van der Waals surface area contributed by atoms with Gasteiger partial charge < -0.3 is 16.2 Å². The number of nitrogens with zero attached hydrogens (tertiary/aromatic N) is 3. The minimum absolute atomic E-state index is 0.0337. The molecule has 0 aliphatic rings. The summed E-state index contributed by atoms with van der Waals surface area (Å²) in [5, 5.41) is 23.8. The minimum Gasteiger partial charge on any atom is -0.388 e. The van der Waals surface area contributed by atoms with Crippen LogP contribution in [0.5, 0.6) is 0 Å². The molecule has 0 aromatic carbocycles. The number of aromatic nitrogens is 2. The second kappa shape index (κ2) is 5.79. The molecular weight excluding hydrogens is 250 g/mol. The molecule has 1 aromatic rings. The van der Waals surface area contributed by atoms with Crippen molar-refractivity contribution in [3.05, 3.63) is 15.8 Å². The molecule has 0 spiro atoms. The van der Waals surface area contributed by atoms with Crippen LogP contribution in [0.3, 0.4) is 0 Å². The van der Waals surface area contributed by atoms with Gasteiger partial charge in [-0.25, -0.2) is 4.98 Å². The van der Waals surface area contributed by atoms with Crippen LogP contribution in [0.2, 0.25) is 0 Å². The van der Waals surface area contributed by atoms with Gasteiger partial charge in [0.1, 0.15) is 5.69 Å². The summed E-state index contributed by atoms with van der Waals surface area (Å²) < 4.78 is 0. The number of nitro groups is 1. The molecule has 0 aliphatic heterocycles. The number of hydrogen-bond acceptors (Lipinski definition) is 7. The van der Waals surface area contributed by atoms with Crippen molar-refractivity contribution in [1.82, 2.24) is 9.97 Å². The predicted octanol–water partition coefficient (Wildman–Crippen LogP) is 1.24. The third kappa shape index (κ3) is 4.02. The Morgan fingerprint density at radius 1 is 1.53 bits per heavy atom. The minimum atomic E-state index is -0.962. The maximum Gasteiger partial charge on any atom is 0.332 e. The van der Waals surface area contributed by atoms with E-state index in [1.54, 1.807) is 6.92 Å². The lowest BCUT2D eigenvalue weighted by molar-refractivity contribution is -0.385. The van der Waals surface area contributed by atoms with E-state index in [4.69, 9.17) is 5.73 Å². The van der Waals surface area contributed by atoms with Crippen LogP contribution >= 0.6 is 0 Å². The molecule has 1 rings (SSSR count). The molecule has 19 heavy (non-hydrogen) atoms. The average molecular weight is 269 g/mol. The normalized spacial score (nSPS) is 13.9. The third-order valence-corrected chi connectivity index (χ3v) is 2.68. The Bertz CT molecular complexity index is 476. The van der Waals surface area contributed by atoms with Gasteiger partial charge in [0.15, 0.2) is 0 Å². The van der Waals surface area contributed by atoms with Crippen LogP contribution < -0.4 is 11.1 Å². The monoisotopic (exact) mass is 269 g/mol. The molecule has 106 valence electrons. The summed E-state index contributed by atoms with van der Waals surface area (Å²) in [4.78, 5) is 18.0. The van der Waals surface area contributed by atoms with Gasteiger partial charge in [0.2, 0.25) is 11.8 Å². The SMILES string of the molecule is CCCC(C)(O)CNc1nc(N)nc(C)c1[N+](=O)[O-]. The molecule has 0 saturated heterocycles. The summed E-state index contributed by atoms with van der Waals surface area (Å²) >= 11 is 0. The number of nitrogens with one attached hydrogen (secondary N) is 1. The molecule has 0 fully saturated rings. The van der Waals surface area contributed by atoms with Gasteiger partial charge in [-0.3, -0.25) is 10.1 Å². The van der Waals surface area contributed by atoms with Gasteiger partial charge in [0.25, 0.3) is 0 Å². The van der Waals surface area contributed by atoms with E-state index in [1.165, 1.54) is 6.92 Å². The fourth-order valence-corrected chi connectivity index (χ4v) is 1.83. The Morgan fingerprint density at radius 3 is 2.68 bits per heavy atom. The van der Waals surface area contributed by atoms with E-state index in [9.17, 15) is 15.2 Å². The van der Waals surface area contributed by atoms with Crippen molar-refractivity contribution in [2.24, 2.45) is 0 Å². The fraction of sp³-hybridized carbons (Fsp3) is 0.636.